The Balaban J connectivity index is 2.51. The van der Waals surface area contributed by atoms with Crippen molar-refractivity contribution in [2.75, 3.05) is 25.8 Å². The van der Waals surface area contributed by atoms with Crippen molar-refractivity contribution in [2.24, 2.45) is 0 Å². The largest absolute Gasteiger partial charge is 0.389 e. The minimum Gasteiger partial charge on any atom is -0.389 e. The molecule has 1 heterocycles. The Morgan fingerprint density at radius 3 is 1.89 bits per heavy atom. The lowest BCUT2D eigenvalue weighted by molar-refractivity contribution is 0.0572. The second-order valence-corrected chi connectivity index (χ2v) is 7.63. The molecule has 2 atom stereocenters. The average molecular weight is 295 g/mol. The van der Waals surface area contributed by atoms with Crippen LogP contribution in [0, 0.1) is 0 Å². The van der Waals surface area contributed by atoms with Crippen LogP contribution in [0.4, 0.5) is 0 Å². The molecule has 2 N–H and O–H groups in total. The lowest BCUT2D eigenvalue weighted by Crippen LogP contribution is -2.26. The molecule has 0 radical (unpaired) electrons. The van der Waals surface area contributed by atoms with Crippen LogP contribution < -0.4 is 0 Å². The number of aliphatic hydroxyl groups excluding tert-OH is 2. The van der Waals surface area contributed by atoms with E-state index in [2.05, 4.69) is 0 Å². The van der Waals surface area contributed by atoms with Crippen molar-refractivity contribution in [3.63, 3.8) is 0 Å². The Hall–Kier alpha value is 0.0300. The molecule has 0 amide bonds. The molecule has 6 nitrogen and oxygen atoms in total. The lowest BCUT2D eigenvalue weighted by atomic mass is 10.3. The number of rotatable bonds is 7. The maximum Gasteiger partial charge on any atom is 0.332 e. The summed E-state index contributed by atoms with van der Waals surface area (Å²) in [5.41, 5.74) is 0. The summed E-state index contributed by atoms with van der Waals surface area (Å²) < 4.78 is 23.4. The van der Waals surface area contributed by atoms with Crippen molar-refractivity contribution in [3.05, 3.63) is 0 Å². The van der Waals surface area contributed by atoms with E-state index in [0.29, 0.717) is 19.6 Å². The highest BCUT2D eigenvalue weighted by molar-refractivity contribution is 7.53. The number of hydrogen-bond donors (Lipinski definition) is 2. The van der Waals surface area contributed by atoms with E-state index in [1.165, 1.54) is 0 Å². The third kappa shape index (κ3) is 5.90. The summed E-state index contributed by atoms with van der Waals surface area (Å²) in [5.74, 6) is 0. The van der Waals surface area contributed by atoms with Gasteiger partial charge in [0.1, 0.15) is 0 Å². The Morgan fingerprint density at radius 2 is 1.53 bits per heavy atom. The first-order chi connectivity index (χ1) is 8.72. The van der Waals surface area contributed by atoms with Gasteiger partial charge in [-0.2, -0.15) is 0 Å². The van der Waals surface area contributed by atoms with Crippen LogP contribution in [0.15, 0.2) is 0 Å². The van der Waals surface area contributed by atoms with Crippen molar-refractivity contribution < 1.29 is 23.8 Å². The average Bonchev–Trinajstić information content (AvgIpc) is 2.53. The molecule has 7 heteroatoms. The van der Waals surface area contributed by atoms with Crippen LogP contribution in [-0.2, 0) is 13.6 Å². The van der Waals surface area contributed by atoms with Crippen LogP contribution in [0.5, 0.6) is 0 Å². The van der Waals surface area contributed by atoms with Gasteiger partial charge in [0.05, 0.1) is 30.6 Å². The minimum atomic E-state index is -3.13. The lowest BCUT2D eigenvalue weighted by Gasteiger charge is -2.24. The van der Waals surface area contributed by atoms with E-state index in [1.54, 1.807) is 0 Å². The van der Waals surface area contributed by atoms with Crippen LogP contribution >= 0.6 is 7.60 Å². The number of hydrogen-bond acceptors (Lipinski definition) is 6. The van der Waals surface area contributed by atoms with Gasteiger partial charge in [-0.15, -0.1) is 0 Å². The van der Waals surface area contributed by atoms with Crippen LogP contribution in [0.3, 0.4) is 0 Å². The van der Waals surface area contributed by atoms with Crippen LogP contribution in [-0.4, -0.2) is 65.3 Å². The SMILES string of the molecule is CC(C)OP(=O)(CCN1C[C@H](O)[C@@H](O)C1)OC(C)C. The van der Waals surface area contributed by atoms with Crippen LogP contribution in [0.1, 0.15) is 27.7 Å². The molecule has 1 aliphatic rings. The minimum absolute atomic E-state index is 0.167. The fourth-order valence-electron chi connectivity index (χ4n) is 2.07. The topological polar surface area (TPSA) is 79.2 Å². The van der Waals surface area contributed by atoms with Gasteiger partial charge >= 0.3 is 7.60 Å². The molecule has 1 aliphatic heterocycles. The summed E-state index contributed by atoms with van der Waals surface area (Å²) in [6, 6.07) is 0. The summed E-state index contributed by atoms with van der Waals surface area (Å²) in [7, 11) is -3.13. The van der Waals surface area contributed by atoms with Crippen molar-refractivity contribution in [1.82, 2.24) is 4.90 Å². The van der Waals surface area contributed by atoms with Gasteiger partial charge in [0.25, 0.3) is 0 Å². The van der Waals surface area contributed by atoms with E-state index < -0.39 is 19.8 Å². The second-order valence-electron chi connectivity index (χ2n) is 5.54. The first-order valence-electron chi connectivity index (χ1n) is 6.76. The molecule has 0 saturated carbocycles. The van der Waals surface area contributed by atoms with Gasteiger partial charge in [0.2, 0.25) is 0 Å². The molecule has 0 aliphatic carbocycles. The summed E-state index contributed by atoms with van der Waals surface area (Å²) in [4.78, 5) is 1.87. The number of likely N-dealkylation sites (tertiary alicyclic amines) is 1. The fraction of sp³-hybridized carbons (Fsp3) is 1.00. The Kier molecular flexibility index (Phi) is 6.43. The molecule has 0 aromatic carbocycles. The van der Waals surface area contributed by atoms with Crippen LogP contribution in [0.25, 0.3) is 0 Å². The highest BCUT2D eigenvalue weighted by Gasteiger charge is 2.33. The molecule has 0 aromatic rings. The summed E-state index contributed by atoms with van der Waals surface area (Å²) in [5, 5.41) is 18.9. The predicted octanol–water partition coefficient (Wildman–Crippen LogP) is 1.07. The van der Waals surface area contributed by atoms with Gasteiger partial charge in [0.15, 0.2) is 0 Å². The third-order valence-corrected chi connectivity index (χ3v) is 5.00. The zero-order valence-corrected chi connectivity index (χ0v) is 13.0. The zero-order valence-electron chi connectivity index (χ0n) is 12.2. The van der Waals surface area contributed by atoms with Crippen molar-refractivity contribution >= 4 is 7.60 Å². The third-order valence-electron chi connectivity index (χ3n) is 2.77. The quantitative estimate of drug-likeness (QED) is 0.684. The molecule has 1 saturated heterocycles. The summed E-state index contributed by atoms with van der Waals surface area (Å²) >= 11 is 0. The predicted molar refractivity (Wildman–Crippen MR) is 73.4 cm³/mol. The molecule has 1 rings (SSSR count). The fourth-order valence-corrected chi connectivity index (χ4v) is 4.14. The molecule has 19 heavy (non-hydrogen) atoms. The molecule has 0 unspecified atom stereocenters. The monoisotopic (exact) mass is 295 g/mol. The van der Waals surface area contributed by atoms with Gasteiger partial charge in [-0.25, -0.2) is 0 Å². The first-order valence-corrected chi connectivity index (χ1v) is 8.49. The van der Waals surface area contributed by atoms with E-state index >= 15 is 0 Å². The standard InChI is InChI=1S/C12H26NO5P/c1-9(2)17-19(16,18-10(3)4)6-5-13-7-11(14)12(15)8-13/h9-12,14-15H,5-8H2,1-4H3/t11-,12-/m0/s1. The number of β-amino-alcohol motifs (C(OH)–C–C–N with tert-alkyl or cyclic N) is 2. The zero-order chi connectivity index (χ0) is 14.6. The number of aliphatic hydroxyl groups is 2. The maximum absolute atomic E-state index is 12.6. The molecule has 0 bridgehead atoms. The van der Waals surface area contributed by atoms with Gasteiger partial charge in [0, 0.05) is 19.6 Å². The Bertz CT molecular complexity index is 299. The molecule has 0 aromatic heterocycles. The van der Waals surface area contributed by atoms with E-state index in [9.17, 15) is 14.8 Å². The normalized spacial score (nSPS) is 25.7. The van der Waals surface area contributed by atoms with Crippen molar-refractivity contribution in [3.8, 4) is 0 Å². The Morgan fingerprint density at radius 1 is 1.11 bits per heavy atom. The second kappa shape index (κ2) is 7.16. The van der Waals surface area contributed by atoms with Crippen LogP contribution in [0.2, 0.25) is 0 Å². The molecule has 114 valence electrons. The smallest absolute Gasteiger partial charge is 0.332 e. The van der Waals surface area contributed by atoms with E-state index in [1.807, 2.05) is 32.6 Å². The first kappa shape index (κ1) is 17.1. The van der Waals surface area contributed by atoms with E-state index in [4.69, 9.17) is 9.05 Å². The summed E-state index contributed by atoms with van der Waals surface area (Å²) in [6.07, 6.45) is -1.52. The van der Waals surface area contributed by atoms with Gasteiger partial charge in [-0.1, -0.05) is 0 Å². The number of nitrogens with zero attached hydrogens (tertiary/aromatic N) is 1. The molecular weight excluding hydrogens is 269 g/mol. The van der Waals surface area contributed by atoms with Gasteiger partial charge in [-0.05, 0) is 27.7 Å². The van der Waals surface area contributed by atoms with Gasteiger partial charge < -0.3 is 19.3 Å². The highest BCUT2D eigenvalue weighted by Crippen LogP contribution is 2.50. The highest BCUT2D eigenvalue weighted by atomic mass is 31.2. The molecule has 0 spiro atoms. The summed E-state index contributed by atoms with van der Waals surface area (Å²) in [6.45, 7) is 8.54. The molecular formula is C12H26NO5P. The van der Waals surface area contributed by atoms with Crippen molar-refractivity contribution in [2.45, 2.75) is 52.1 Å². The van der Waals surface area contributed by atoms with E-state index in [0.717, 1.165) is 0 Å². The van der Waals surface area contributed by atoms with E-state index in [-0.39, 0.29) is 18.4 Å². The van der Waals surface area contributed by atoms with Crippen molar-refractivity contribution in [1.29, 1.82) is 0 Å². The van der Waals surface area contributed by atoms with Gasteiger partial charge in [-0.3, -0.25) is 9.46 Å². The molecule has 1 fully saturated rings. The Labute approximate surface area is 115 Å². The maximum atomic E-state index is 12.6.